The van der Waals surface area contributed by atoms with Crippen LogP contribution in [0, 0.1) is 0 Å². The summed E-state index contributed by atoms with van der Waals surface area (Å²) in [5.74, 6) is 0. The average Bonchev–Trinajstić information content (AvgIpc) is 2.20. The first kappa shape index (κ1) is 8.67. The lowest BCUT2D eigenvalue weighted by Gasteiger charge is -1.88. The topological polar surface area (TPSA) is 77.5 Å². The highest BCUT2D eigenvalue weighted by atomic mass is 32.3. The van der Waals surface area contributed by atoms with E-state index in [1.807, 2.05) is 0 Å². The van der Waals surface area contributed by atoms with Gasteiger partial charge in [-0.1, -0.05) is 12.1 Å². The van der Waals surface area contributed by atoms with Crippen molar-refractivity contribution in [1.29, 1.82) is 0 Å². The molecule has 0 bridgehead atoms. The lowest BCUT2D eigenvalue weighted by molar-refractivity contribution is 0.475. The highest BCUT2D eigenvalue weighted by molar-refractivity contribution is 8.02. The van der Waals surface area contributed by atoms with Crippen molar-refractivity contribution in [1.82, 2.24) is 0 Å². The Kier molecular flexibility index (Phi) is 1.54. The summed E-state index contributed by atoms with van der Waals surface area (Å²) >= 11 is 0. The average molecular weight is 220 g/mol. The molecule has 5 nitrogen and oxygen atoms in total. The molecule has 13 heavy (non-hydrogen) atoms. The van der Waals surface area contributed by atoms with Crippen molar-refractivity contribution < 1.29 is 20.5 Å². The Morgan fingerprint density at radius 2 is 1.23 bits per heavy atom. The van der Waals surface area contributed by atoms with Gasteiger partial charge in [-0.05, 0) is 12.1 Å². The van der Waals surface area contributed by atoms with Crippen molar-refractivity contribution in [3.8, 4) is 0 Å². The van der Waals surface area contributed by atoms with E-state index in [1.54, 1.807) is 0 Å². The minimum atomic E-state index is -4.10. The third kappa shape index (κ3) is 1.16. The molecule has 0 spiro atoms. The van der Waals surface area contributed by atoms with Crippen LogP contribution >= 0.6 is 0 Å². The van der Waals surface area contributed by atoms with E-state index in [2.05, 4.69) is 3.63 Å². The third-order valence-electron chi connectivity index (χ3n) is 1.57. The summed E-state index contributed by atoms with van der Waals surface area (Å²) < 4.78 is 48.2. The van der Waals surface area contributed by atoms with Gasteiger partial charge < -0.3 is 0 Å². The van der Waals surface area contributed by atoms with Gasteiger partial charge in [0.1, 0.15) is 9.79 Å². The first-order valence-electron chi connectivity index (χ1n) is 3.24. The van der Waals surface area contributed by atoms with Crippen LogP contribution in [0.3, 0.4) is 0 Å². The molecule has 0 radical (unpaired) electrons. The van der Waals surface area contributed by atoms with E-state index < -0.39 is 20.2 Å². The summed E-state index contributed by atoms with van der Waals surface area (Å²) in [7, 11) is -8.20. The lowest BCUT2D eigenvalue weighted by atomic mass is 10.4. The van der Waals surface area contributed by atoms with Gasteiger partial charge in [0, 0.05) is 0 Å². The summed E-state index contributed by atoms with van der Waals surface area (Å²) in [6.07, 6.45) is 0. The molecule has 0 fully saturated rings. The second-order valence-corrected chi connectivity index (χ2v) is 5.66. The minimum Gasteiger partial charge on any atom is -0.193 e. The number of fused-ring (bicyclic) bond motifs is 1. The second-order valence-electron chi connectivity index (χ2n) is 2.42. The summed E-state index contributed by atoms with van der Waals surface area (Å²) in [6.45, 7) is 0. The Balaban J connectivity index is 2.95. The van der Waals surface area contributed by atoms with Crippen LogP contribution in [0.15, 0.2) is 34.1 Å². The van der Waals surface area contributed by atoms with Crippen LogP contribution in [0.1, 0.15) is 0 Å². The van der Waals surface area contributed by atoms with Gasteiger partial charge in [-0.15, -0.1) is 3.63 Å². The monoisotopic (exact) mass is 220 g/mol. The third-order valence-corrected chi connectivity index (χ3v) is 4.92. The van der Waals surface area contributed by atoms with Crippen molar-refractivity contribution in [3.05, 3.63) is 24.3 Å². The van der Waals surface area contributed by atoms with Crippen LogP contribution in [-0.2, 0) is 23.9 Å². The molecule has 1 heterocycles. The molecule has 0 aromatic heterocycles. The molecule has 0 unspecified atom stereocenters. The molecule has 1 aromatic carbocycles. The zero-order chi connectivity index (χ0) is 9.69. The number of benzene rings is 1. The maximum Gasteiger partial charge on any atom is 0.313 e. The molecule has 1 aliphatic rings. The summed E-state index contributed by atoms with van der Waals surface area (Å²) in [5.41, 5.74) is 0. The smallest absolute Gasteiger partial charge is 0.193 e. The van der Waals surface area contributed by atoms with Gasteiger partial charge in [0.05, 0.1) is 0 Å². The largest absolute Gasteiger partial charge is 0.313 e. The van der Waals surface area contributed by atoms with E-state index in [4.69, 9.17) is 0 Å². The Morgan fingerprint density at radius 3 is 1.62 bits per heavy atom. The van der Waals surface area contributed by atoms with Gasteiger partial charge in [-0.3, -0.25) is 0 Å². The molecular weight excluding hydrogens is 216 g/mol. The standard InChI is InChI=1S/C6H4O5S2/c7-12(8)5-3-1-2-4-6(5)13(9,10)11-12/h1-4H. The highest BCUT2D eigenvalue weighted by Crippen LogP contribution is 2.32. The van der Waals surface area contributed by atoms with Gasteiger partial charge >= 0.3 is 20.2 Å². The first-order valence-corrected chi connectivity index (χ1v) is 6.05. The Bertz CT molecular complexity index is 503. The Labute approximate surface area is 75.2 Å². The number of rotatable bonds is 0. The highest BCUT2D eigenvalue weighted by Gasteiger charge is 2.39. The summed E-state index contributed by atoms with van der Waals surface area (Å²) in [5, 5.41) is 0. The van der Waals surface area contributed by atoms with Crippen LogP contribution in [0.4, 0.5) is 0 Å². The van der Waals surface area contributed by atoms with Crippen molar-refractivity contribution in [2.24, 2.45) is 0 Å². The summed E-state index contributed by atoms with van der Waals surface area (Å²) in [4.78, 5) is -0.593. The minimum absolute atomic E-state index is 0.296. The van der Waals surface area contributed by atoms with Crippen LogP contribution in [0.2, 0.25) is 0 Å². The SMILES string of the molecule is O=S1(=O)OS(=O)(=O)c2ccccc21. The van der Waals surface area contributed by atoms with Crippen LogP contribution in [0.25, 0.3) is 0 Å². The molecule has 0 aliphatic carbocycles. The molecule has 0 amide bonds. The normalized spacial score (nSPS) is 22.5. The fraction of sp³-hybridized carbons (Fsp3) is 0. The molecular formula is C6H4O5S2. The predicted molar refractivity (Wildman–Crippen MR) is 41.9 cm³/mol. The van der Waals surface area contributed by atoms with E-state index in [0.29, 0.717) is 0 Å². The van der Waals surface area contributed by atoms with Gasteiger partial charge in [0.2, 0.25) is 0 Å². The molecule has 0 atom stereocenters. The van der Waals surface area contributed by atoms with E-state index in [1.165, 1.54) is 24.3 Å². The zero-order valence-electron chi connectivity index (χ0n) is 6.17. The van der Waals surface area contributed by atoms with E-state index >= 15 is 0 Å². The van der Waals surface area contributed by atoms with Gasteiger partial charge in [-0.2, -0.15) is 16.8 Å². The van der Waals surface area contributed by atoms with Gasteiger partial charge in [0.25, 0.3) is 0 Å². The molecule has 0 N–H and O–H groups in total. The number of hydrogen-bond donors (Lipinski definition) is 0. The van der Waals surface area contributed by atoms with Crippen molar-refractivity contribution >= 4 is 20.2 Å². The molecule has 7 heteroatoms. The van der Waals surface area contributed by atoms with Crippen LogP contribution in [0.5, 0.6) is 0 Å². The van der Waals surface area contributed by atoms with Crippen molar-refractivity contribution in [3.63, 3.8) is 0 Å². The lowest BCUT2D eigenvalue weighted by Crippen LogP contribution is -2.01. The van der Waals surface area contributed by atoms with Gasteiger partial charge in [-0.25, -0.2) is 0 Å². The Morgan fingerprint density at radius 1 is 0.846 bits per heavy atom. The fourth-order valence-electron chi connectivity index (χ4n) is 1.05. The first-order chi connectivity index (χ1) is 5.93. The molecule has 1 aromatic rings. The molecule has 70 valence electrons. The molecule has 0 saturated heterocycles. The summed E-state index contributed by atoms with van der Waals surface area (Å²) in [6, 6.07) is 5.24. The maximum atomic E-state index is 11.1. The van der Waals surface area contributed by atoms with Crippen molar-refractivity contribution in [2.45, 2.75) is 9.79 Å². The quantitative estimate of drug-likeness (QED) is 0.619. The maximum absolute atomic E-state index is 11.1. The second kappa shape index (κ2) is 2.31. The fourth-order valence-corrected chi connectivity index (χ4v) is 4.32. The van der Waals surface area contributed by atoms with Crippen molar-refractivity contribution in [2.75, 3.05) is 0 Å². The molecule has 0 saturated carbocycles. The van der Waals surface area contributed by atoms with Crippen LogP contribution in [-0.4, -0.2) is 16.8 Å². The number of hydrogen-bond acceptors (Lipinski definition) is 5. The molecule has 2 rings (SSSR count). The van der Waals surface area contributed by atoms with E-state index in [0.717, 1.165) is 0 Å². The predicted octanol–water partition coefficient (Wildman–Crippen LogP) is 0.0942. The Hall–Kier alpha value is -0.920. The molecule has 1 aliphatic heterocycles. The van der Waals surface area contributed by atoms with Gasteiger partial charge in [0.15, 0.2) is 0 Å². The van der Waals surface area contributed by atoms with E-state index in [9.17, 15) is 16.8 Å². The zero-order valence-corrected chi connectivity index (χ0v) is 7.80. The van der Waals surface area contributed by atoms with Crippen LogP contribution < -0.4 is 0 Å². The van der Waals surface area contributed by atoms with E-state index in [-0.39, 0.29) is 9.79 Å².